The number of carbonyl (C=O) groups excluding carboxylic acids is 1. The van der Waals surface area contributed by atoms with Crippen LogP contribution in [0.15, 0.2) is 42.5 Å². The first-order chi connectivity index (χ1) is 12.3. The van der Waals surface area contributed by atoms with Crippen molar-refractivity contribution in [2.75, 3.05) is 6.54 Å². The zero-order valence-corrected chi connectivity index (χ0v) is 14.6. The molecule has 1 amide bonds. The number of benzene rings is 2. The summed E-state index contributed by atoms with van der Waals surface area (Å²) >= 11 is 0. The Labute approximate surface area is 150 Å². The first-order valence-corrected chi connectivity index (χ1v) is 8.29. The van der Waals surface area contributed by atoms with E-state index < -0.39 is 35.3 Å². The summed E-state index contributed by atoms with van der Waals surface area (Å²) in [4.78, 5) is 23.7. The van der Waals surface area contributed by atoms with Gasteiger partial charge in [-0.2, -0.15) is 0 Å². The lowest BCUT2D eigenvalue weighted by Crippen LogP contribution is -2.36. The largest absolute Gasteiger partial charge is 0.481 e. The number of hydrogen-bond donors (Lipinski definition) is 2. The molecule has 0 spiro atoms. The fourth-order valence-electron chi connectivity index (χ4n) is 2.80. The van der Waals surface area contributed by atoms with Gasteiger partial charge in [0.2, 0.25) is 5.91 Å². The summed E-state index contributed by atoms with van der Waals surface area (Å²) in [5, 5.41) is 11.9. The van der Waals surface area contributed by atoms with E-state index in [-0.39, 0.29) is 18.5 Å². The van der Waals surface area contributed by atoms with Crippen LogP contribution in [0, 0.1) is 24.5 Å². The predicted octanol–water partition coefficient (Wildman–Crippen LogP) is 3.44. The van der Waals surface area contributed by atoms with Crippen molar-refractivity contribution in [3.8, 4) is 0 Å². The third-order valence-electron chi connectivity index (χ3n) is 4.26. The lowest BCUT2D eigenvalue weighted by atomic mass is 9.96. The molecule has 0 aromatic heterocycles. The van der Waals surface area contributed by atoms with Crippen LogP contribution < -0.4 is 5.32 Å². The maximum Gasteiger partial charge on any atom is 0.308 e. The molecule has 0 aliphatic rings. The Morgan fingerprint density at radius 3 is 2.31 bits per heavy atom. The molecule has 2 unspecified atom stereocenters. The SMILES string of the molecule is Cc1cccc(CC(CNC(=O)C(C)c2c(F)cccc2F)C(=O)O)c1. The van der Waals surface area contributed by atoms with Crippen LogP contribution in [-0.4, -0.2) is 23.5 Å². The van der Waals surface area contributed by atoms with Gasteiger partial charge in [0, 0.05) is 12.1 Å². The highest BCUT2D eigenvalue weighted by atomic mass is 19.1. The summed E-state index contributed by atoms with van der Waals surface area (Å²) in [6.45, 7) is 3.17. The fourth-order valence-corrected chi connectivity index (χ4v) is 2.80. The molecule has 0 aliphatic carbocycles. The molecule has 2 N–H and O–H groups in total. The summed E-state index contributed by atoms with van der Waals surface area (Å²) in [6.07, 6.45) is 0.250. The molecule has 0 aliphatic heterocycles. The Kier molecular flexibility index (Phi) is 6.44. The van der Waals surface area contributed by atoms with Crippen LogP contribution in [0.1, 0.15) is 29.5 Å². The molecule has 2 atom stereocenters. The van der Waals surface area contributed by atoms with Crippen LogP contribution in [-0.2, 0) is 16.0 Å². The monoisotopic (exact) mass is 361 g/mol. The molecule has 138 valence electrons. The predicted molar refractivity (Wildman–Crippen MR) is 93.8 cm³/mol. The van der Waals surface area contributed by atoms with Crippen LogP contribution in [0.25, 0.3) is 0 Å². The lowest BCUT2D eigenvalue weighted by molar-refractivity contribution is -0.141. The zero-order chi connectivity index (χ0) is 19.3. The molecule has 4 nitrogen and oxygen atoms in total. The molecular formula is C20H21F2NO3. The van der Waals surface area contributed by atoms with E-state index in [0.29, 0.717) is 0 Å². The maximum absolute atomic E-state index is 13.8. The second-order valence-corrected chi connectivity index (χ2v) is 6.33. The minimum Gasteiger partial charge on any atom is -0.481 e. The summed E-state index contributed by atoms with van der Waals surface area (Å²) in [5.74, 6) is -5.17. The lowest BCUT2D eigenvalue weighted by Gasteiger charge is -2.17. The van der Waals surface area contributed by atoms with E-state index in [2.05, 4.69) is 5.32 Å². The van der Waals surface area contributed by atoms with Crippen molar-refractivity contribution >= 4 is 11.9 Å². The summed E-state index contributed by atoms with van der Waals surface area (Å²) < 4.78 is 27.6. The van der Waals surface area contributed by atoms with Gasteiger partial charge in [0.25, 0.3) is 0 Å². The van der Waals surface area contributed by atoms with Crippen LogP contribution in [0.4, 0.5) is 8.78 Å². The highest BCUT2D eigenvalue weighted by Crippen LogP contribution is 2.22. The van der Waals surface area contributed by atoms with E-state index in [1.165, 1.54) is 13.0 Å². The van der Waals surface area contributed by atoms with Gasteiger partial charge in [-0.25, -0.2) is 8.78 Å². The molecule has 2 aromatic rings. The Hall–Kier alpha value is -2.76. The number of carbonyl (C=O) groups is 2. The summed E-state index contributed by atoms with van der Waals surface area (Å²) in [7, 11) is 0. The molecule has 0 heterocycles. The zero-order valence-electron chi connectivity index (χ0n) is 14.6. The Morgan fingerprint density at radius 2 is 1.73 bits per heavy atom. The molecular weight excluding hydrogens is 340 g/mol. The smallest absolute Gasteiger partial charge is 0.308 e. The van der Waals surface area contributed by atoms with Crippen molar-refractivity contribution in [3.63, 3.8) is 0 Å². The molecule has 0 bridgehead atoms. The Bertz CT molecular complexity index is 787. The quantitative estimate of drug-likeness (QED) is 0.794. The third kappa shape index (κ3) is 4.88. The van der Waals surface area contributed by atoms with Gasteiger partial charge >= 0.3 is 5.97 Å². The maximum atomic E-state index is 13.8. The molecule has 6 heteroatoms. The first-order valence-electron chi connectivity index (χ1n) is 8.29. The van der Waals surface area contributed by atoms with E-state index in [9.17, 15) is 23.5 Å². The molecule has 0 saturated heterocycles. The molecule has 0 radical (unpaired) electrons. The molecule has 2 rings (SSSR count). The number of nitrogens with one attached hydrogen (secondary N) is 1. The minimum absolute atomic E-state index is 0.122. The number of aliphatic carboxylic acids is 1. The van der Waals surface area contributed by atoms with Crippen LogP contribution in [0.5, 0.6) is 0 Å². The number of halogens is 2. The van der Waals surface area contributed by atoms with Gasteiger partial charge in [-0.1, -0.05) is 35.9 Å². The molecule has 26 heavy (non-hydrogen) atoms. The van der Waals surface area contributed by atoms with Crippen molar-refractivity contribution < 1.29 is 23.5 Å². The van der Waals surface area contributed by atoms with Gasteiger partial charge in [-0.05, 0) is 38.0 Å². The second kappa shape index (κ2) is 8.56. The van der Waals surface area contributed by atoms with Crippen LogP contribution in [0.3, 0.4) is 0 Å². The molecule has 2 aromatic carbocycles. The van der Waals surface area contributed by atoms with E-state index in [4.69, 9.17) is 0 Å². The van der Waals surface area contributed by atoms with Gasteiger partial charge in [0.1, 0.15) is 11.6 Å². The van der Waals surface area contributed by atoms with Crippen LogP contribution in [0.2, 0.25) is 0 Å². The van der Waals surface area contributed by atoms with E-state index in [1.54, 1.807) is 0 Å². The van der Waals surface area contributed by atoms with Gasteiger partial charge in [-0.3, -0.25) is 9.59 Å². The summed E-state index contributed by atoms with van der Waals surface area (Å²) in [6, 6.07) is 10.8. The Balaban J connectivity index is 2.04. The van der Waals surface area contributed by atoms with E-state index in [0.717, 1.165) is 23.3 Å². The number of carboxylic acid groups (broad SMARTS) is 1. The average Bonchev–Trinajstić information content (AvgIpc) is 2.57. The molecule has 0 fully saturated rings. The number of aryl methyl sites for hydroxylation is 1. The van der Waals surface area contributed by atoms with Crippen molar-refractivity contribution in [3.05, 3.63) is 70.8 Å². The highest BCUT2D eigenvalue weighted by Gasteiger charge is 2.25. The number of carboxylic acids is 1. The topological polar surface area (TPSA) is 66.4 Å². The second-order valence-electron chi connectivity index (χ2n) is 6.33. The minimum atomic E-state index is -1.07. The van der Waals surface area contributed by atoms with E-state index in [1.807, 2.05) is 31.2 Å². The van der Waals surface area contributed by atoms with Crippen molar-refractivity contribution in [1.82, 2.24) is 5.32 Å². The third-order valence-corrected chi connectivity index (χ3v) is 4.26. The number of amides is 1. The van der Waals surface area contributed by atoms with Crippen molar-refractivity contribution in [2.45, 2.75) is 26.2 Å². The standard InChI is InChI=1S/C20H21F2NO3/c1-12-5-3-6-14(9-12)10-15(20(25)26)11-23-19(24)13(2)18-16(21)7-4-8-17(18)22/h3-9,13,15H,10-11H2,1-2H3,(H,23,24)(H,25,26). The number of rotatable bonds is 7. The normalized spacial score (nSPS) is 13.1. The van der Waals surface area contributed by atoms with Crippen molar-refractivity contribution in [1.29, 1.82) is 0 Å². The van der Waals surface area contributed by atoms with Gasteiger partial charge in [0.05, 0.1) is 11.8 Å². The first kappa shape index (κ1) is 19.6. The highest BCUT2D eigenvalue weighted by molar-refractivity contribution is 5.84. The Morgan fingerprint density at radius 1 is 1.12 bits per heavy atom. The van der Waals surface area contributed by atoms with E-state index >= 15 is 0 Å². The van der Waals surface area contributed by atoms with Crippen molar-refractivity contribution in [2.24, 2.45) is 5.92 Å². The van der Waals surface area contributed by atoms with Crippen LogP contribution >= 0.6 is 0 Å². The van der Waals surface area contributed by atoms with Gasteiger partial charge < -0.3 is 10.4 Å². The van der Waals surface area contributed by atoms with Gasteiger partial charge in [-0.15, -0.1) is 0 Å². The van der Waals surface area contributed by atoms with Gasteiger partial charge in [0.15, 0.2) is 0 Å². The molecule has 0 saturated carbocycles. The number of hydrogen-bond acceptors (Lipinski definition) is 2. The average molecular weight is 361 g/mol. The summed E-state index contributed by atoms with van der Waals surface area (Å²) in [5.41, 5.74) is 1.54. The fraction of sp³-hybridized carbons (Fsp3) is 0.300.